The van der Waals surface area contributed by atoms with Gasteiger partial charge in [0.2, 0.25) is 5.60 Å². The number of halogens is 8. The highest BCUT2D eigenvalue weighted by Gasteiger charge is 2.61. The Bertz CT molecular complexity index is 1570. The van der Waals surface area contributed by atoms with Gasteiger partial charge in [0.05, 0.1) is 17.9 Å². The molecule has 0 spiro atoms. The molecule has 3 aromatic rings. The Morgan fingerprint density at radius 3 is 2.28 bits per heavy atom. The van der Waals surface area contributed by atoms with Crippen LogP contribution in [0.25, 0.3) is 11.6 Å². The maximum Gasteiger partial charge on any atom is 0.426 e. The standard InChI is InChI=1S/C29H28F8N4O5/c1-25(2,3)46-24(43)38-19-14-18(28(32,33)34)21-27(30,31)13-11-17(42)10-7-12-26(29(35,36)37,44-15-16-8-5-4-6-9-16)23-41-40-22(45-23)20(19)39-21/h4-6,8-9,14H,7,10-13,15H2,1-3H3,(H,38,43). The van der Waals surface area contributed by atoms with E-state index >= 15 is 8.78 Å². The number of ether oxygens (including phenoxy) is 2. The fraction of sp³-hybridized carbons (Fsp3) is 0.483. The minimum atomic E-state index is -5.46. The van der Waals surface area contributed by atoms with Gasteiger partial charge in [-0.2, -0.15) is 35.1 Å². The fourth-order valence-corrected chi connectivity index (χ4v) is 4.60. The van der Waals surface area contributed by atoms with Crippen LogP contribution in [0.2, 0.25) is 0 Å². The van der Waals surface area contributed by atoms with Gasteiger partial charge < -0.3 is 13.9 Å². The number of hydrogen-bond acceptors (Lipinski definition) is 8. The second-order valence-corrected chi connectivity index (χ2v) is 11.5. The number of pyridine rings is 1. The molecule has 1 amide bonds. The fourth-order valence-electron chi connectivity index (χ4n) is 4.60. The number of nitrogens with zero attached hydrogens (tertiary/aromatic N) is 3. The Morgan fingerprint density at radius 1 is 1.00 bits per heavy atom. The van der Waals surface area contributed by atoms with Crippen LogP contribution < -0.4 is 5.32 Å². The summed E-state index contributed by atoms with van der Waals surface area (Å²) >= 11 is 0. The van der Waals surface area contributed by atoms with Gasteiger partial charge in [-0.15, -0.1) is 10.2 Å². The molecular weight excluding hydrogens is 636 g/mol. The highest BCUT2D eigenvalue weighted by molar-refractivity contribution is 5.89. The molecular formula is C29H28F8N4O5. The van der Waals surface area contributed by atoms with E-state index < -0.39 is 114 Å². The normalized spacial score (nSPS) is 19.3. The highest BCUT2D eigenvalue weighted by Crippen LogP contribution is 2.48. The van der Waals surface area contributed by atoms with Crippen LogP contribution in [-0.2, 0) is 38.6 Å². The van der Waals surface area contributed by atoms with Crippen molar-refractivity contribution in [1.82, 2.24) is 15.2 Å². The summed E-state index contributed by atoms with van der Waals surface area (Å²) in [4.78, 5) is 28.5. The molecule has 0 saturated carbocycles. The molecule has 9 nitrogen and oxygen atoms in total. The molecule has 3 heterocycles. The van der Waals surface area contributed by atoms with Crippen molar-refractivity contribution in [2.24, 2.45) is 0 Å². The van der Waals surface area contributed by atoms with E-state index in [1.54, 1.807) is 18.2 Å². The molecule has 0 radical (unpaired) electrons. The number of carbonyl (C=O) groups excluding carboxylic acids is 2. The third-order valence-corrected chi connectivity index (χ3v) is 6.77. The number of hydrogen-bond donors (Lipinski definition) is 1. The second-order valence-electron chi connectivity index (χ2n) is 11.5. The van der Waals surface area contributed by atoms with E-state index in [9.17, 15) is 35.9 Å². The highest BCUT2D eigenvalue weighted by atomic mass is 19.4. The number of Topliss-reactive ketones (excluding diaryl/α,β-unsaturated/α-hetero) is 1. The van der Waals surface area contributed by atoms with Crippen molar-refractivity contribution in [3.63, 3.8) is 0 Å². The molecule has 4 bridgehead atoms. The molecule has 4 rings (SSSR count). The third-order valence-electron chi connectivity index (χ3n) is 6.77. The molecule has 46 heavy (non-hydrogen) atoms. The maximum atomic E-state index is 15.4. The number of nitrogens with one attached hydrogen (secondary N) is 1. The Balaban J connectivity index is 1.96. The summed E-state index contributed by atoms with van der Waals surface area (Å²) < 4.78 is 134. The average Bonchev–Trinajstić information content (AvgIpc) is 3.42. The van der Waals surface area contributed by atoms with E-state index in [0.717, 1.165) is 0 Å². The summed E-state index contributed by atoms with van der Waals surface area (Å²) in [6.07, 6.45) is -16.6. The van der Waals surface area contributed by atoms with Gasteiger partial charge >= 0.3 is 18.4 Å². The monoisotopic (exact) mass is 664 g/mol. The van der Waals surface area contributed by atoms with Crippen molar-refractivity contribution in [3.8, 4) is 11.6 Å². The third kappa shape index (κ3) is 7.79. The molecule has 17 heteroatoms. The lowest BCUT2D eigenvalue weighted by molar-refractivity contribution is -0.300. The topological polar surface area (TPSA) is 116 Å². The zero-order valence-corrected chi connectivity index (χ0v) is 24.6. The van der Waals surface area contributed by atoms with Crippen molar-refractivity contribution < 1.29 is 58.6 Å². The minimum Gasteiger partial charge on any atom is -0.444 e. The quantitative estimate of drug-likeness (QED) is 0.278. The summed E-state index contributed by atoms with van der Waals surface area (Å²) in [6, 6.07) is 7.81. The van der Waals surface area contributed by atoms with E-state index in [1.165, 1.54) is 32.9 Å². The lowest BCUT2D eigenvalue weighted by Gasteiger charge is -2.32. The van der Waals surface area contributed by atoms with E-state index in [2.05, 4.69) is 15.2 Å². The summed E-state index contributed by atoms with van der Waals surface area (Å²) in [5.41, 5.74) is -9.97. The number of rotatable bonds is 4. The number of amides is 1. The molecule has 1 aliphatic heterocycles. The van der Waals surface area contributed by atoms with Gasteiger partial charge in [-0.05, 0) is 45.2 Å². The van der Waals surface area contributed by atoms with Crippen LogP contribution in [0.5, 0.6) is 0 Å². The van der Waals surface area contributed by atoms with Gasteiger partial charge in [-0.25, -0.2) is 9.78 Å². The number of carbonyl (C=O) groups is 2. The van der Waals surface area contributed by atoms with E-state index in [-0.39, 0.29) is 6.07 Å². The van der Waals surface area contributed by atoms with Gasteiger partial charge in [-0.3, -0.25) is 10.1 Å². The molecule has 2 aromatic heterocycles. The van der Waals surface area contributed by atoms with Crippen molar-refractivity contribution in [1.29, 1.82) is 0 Å². The number of aromatic nitrogens is 3. The smallest absolute Gasteiger partial charge is 0.426 e. The van der Waals surface area contributed by atoms with Crippen LogP contribution in [0.4, 0.5) is 45.6 Å². The number of ketones is 1. The van der Waals surface area contributed by atoms with Crippen LogP contribution >= 0.6 is 0 Å². The first-order chi connectivity index (χ1) is 21.2. The average molecular weight is 665 g/mol. The van der Waals surface area contributed by atoms with E-state index in [4.69, 9.17) is 13.9 Å². The first-order valence-corrected chi connectivity index (χ1v) is 13.8. The Hall–Kier alpha value is -4.15. The van der Waals surface area contributed by atoms with Crippen molar-refractivity contribution in [2.75, 3.05) is 5.32 Å². The summed E-state index contributed by atoms with van der Waals surface area (Å²) in [6.45, 7) is 3.67. The Kier molecular flexibility index (Phi) is 9.48. The second kappa shape index (κ2) is 12.6. The molecule has 0 fully saturated rings. The number of anilines is 1. The molecule has 1 atom stereocenters. The molecule has 1 N–H and O–H groups in total. The van der Waals surface area contributed by atoms with Crippen LogP contribution in [-0.4, -0.2) is 38.8 Å². The first-order valence-electron chi connectivity index (χ1n) is 13.8. The van der Waals surface area contributed by atoms with E-state index in [0.29, 0.717) is 5.56 Å². The summed E-state index contributed by atoms with van der Waals surface area (Å²) in [5.74, 6) is -7.55. The predicted octanol–water partition coefficient (Wildman–Crippen LogP) is 8.10. The summed E-state index contributed by atoms with van der Waals surface area (Å²) in [5, 5.41) is 8.91. The van der Waals surface area contributed by atoms with Crippen LogP contribution in [0.1, 0.15) is 75.6 Å². The number of alkyl halides is 8. The zero-order valence-electron chi connectivity index (χ0n) is 24.6. The largest absolute Gasteiger partial charge is 0.444 e. The predicted molar refractivity (Wildman–Crippen MR) is 143 cm³/mol. The molecule has 1 aromatic carbocycles. The lowest BCUT2D eigenvalue weighted by atomic mass is 9.93. The van der Waals surface area contributed by atoms with Crippen molar-refractivity contribution in [2.45, 2.75) is 89.0 Å². The Labute approximate surface area is 256 Å². The maximum absolute atomic E-state index is 15.4. The van der Waals surface area contributed by atoms with Crippen LogP contribution in [0.3, 0.4) is 0 Å². The van der Waals surface area contributed by atoms with Gasteiger partial charge in [-0.1, -0.05) is 30.3 Å². The summed E-state index contributed by atoms with van der Waals surface area (Å²) in [7, 11) is 0. The Morgan fingerprint density at radius 2 is 1.67 bits per heavy atom. The van der Waals surface area contributed by atoms with E-state index in [1.807, 2.05) is 5.32 Å². The van der Waals surface area contributed by atoms with Crippen LogP contribution in [0.15, 0.2) is 40.8 Å². The first kappa shape index (κ1) is 34.7. The molecule has 1 unspecified atom stereocenters. The van der Waals surface area contributed by atoms with Gasteiger partial charge in [0.25, 0.3) is 17.7 Å². The number of benzene rings is 1. The zero-order chi connectivity index (χ0) is 34.1. The van der Waals surface area contributed by atoms with Gasteiger partial charge in [0.15, 0.2) is 5.69 Å². The SMILES string of the molecule is CC(C)(C)OC(=O)Nc1cc(C(F)(F)F)c2nc1-c1nnc(o1)C(OCc1ccccc1)(C(F)(F)F)CCCC(=O)CCC2(F)F. The lowest BCUT2D eigenvalue weighted by Crippen LogP contribution is -2.45. The molecule has 0 aliphatic carbocycles. The van der Waals surface area contributed by atoms with Gasteiger partial charge in [0.1, 0.15) is 17.1 Å². The minimum absolute atomic E-state index is 0.107. The molecule has 0 saturated heterocycles. The van der Waals surface area contributed by atoms with Crippen molar-refractivity contribution in [3.05, 3.63) is 59.1 Å². The van der Waals surface area contributed by atoms with Crippen LogP contribution in [0, 0.1) is 0 Å². The number of fused-ring (bicyclic) bond motifs is 5. The van der Waals surface area contributed by atoms with Gasteiger partial charge in [0, 0.05) is 19.3 Å². The van der Waals surface area contributed by atoms with Crippen molar-refractivity contribution >= 4 is 17.6 Å². The molecule has 1 aliphatic rings. The molecule has 250 valence electrons.